The first kappa shape index (κ1) is 15.9. The van der Waals surface area contributed by atoms with Crippen molar-refractivity contribution in [2.24, 2.45) is 0 Å². The molecule has 0 saturated carbocycles. The van der Waals surface area contributed by atoms with Crippen molar-refractivity contribution in [3.8, 4) is 0 Å². The number of benzene rings is 1. The highest BCUT2D eigenvalue weighted by molar-refractivity contribution is 5.25. The summed E-state index contributed by atoms with van der Waals surface area (Å²) in [6.07, 6.45) is -4.65. The van der Waals surface area contributed by atoms with E-state index in [1.54, 1.807) is 13.0 Å². The highest BCUT2D eigenvalue weighted by Gasteiger charge is 2.31. The number of hydrogen-bond donors (Lipinski definition) is 0. The van der Waals surface area contributed by atoms with E-state index >= 15 is 0 Å². The van der Waals surface area contributed by atoms with Crippen LogP contribution >= 0.6 is 0 Å². The summed E-state index contributed by atoms with van der Waals surface area (Å²) in [5, 5.41) is 3.84. The van der Waals surface area contributed by atoms with E-state index in [4.69, 9.17) is 9.26 Å². The van der Waals surface area contributed by atoms with Crippen molar-refractivity contribution < 1.29 is 22.4 Å². The summed E-state index contributed by atoms with van der Waals surface area (Å²) in [6.45, 7) is 3.73. The summed E-state index contributed by atoms with van der Waals surface area (Å²) in [7, 11) is 0. The van der Waals surface area contributed by atoms with Gasteiger partial charge in [-0.25, -0.2) is 0 Å². The predicted molar refractivity (Wildman–Crippen MR) is 74.4 cm³/mol. The van der Waals surface area contributed by atoms with Gasteiger partial charge in [0.05, 0.1) is 12.2 Å². The smallest absolute Gasteiger partial charge is 0.367 e. The van der Waals surface area contributed by atoms with E-state index in [0.717, 1.165) is 6.07 Å². The monoisotopic (exact) mass is 327 g/mol. The first-order chi connectivity index (χ1) is 10.9. The van der Waals surface area contributed by atoms with Crippen LogP contribution in [0.25, 0.3) is 0 Å². The molecule has 0 bridgehead atoms. The Labute approximate surface area is 131 Å². The fourth-order valence-corrected chi connectivity index (χ4v) is 2.55. The second-order valence-electron chi connectivity index (χ2n) is 5.46. The third kappa shape index (κ3) is 3.89. The van der Waals surface area contributed by atoms with E-state index < -0.39 is 11.7 Å². The summed E-state index contributed by atoms with van der Waals surface area (Å²) in [5.41, 5.74) is -0.0154. The molecule has 1 aliphatic heterocycles. The van der Waals surface area contributed by atoms with Crippen LogP contribution in [0.15, 0.2) is 28.8 Å². The summed E-state index contributed by atoms with van der Waals surface area (Å²) >= 11 is 0. The topological polar surface area (TPSA) is 51.4 Å². The number of ether oxygens (including phenoxy) is 1. The number of alkyl halides is 3. The normalized spacial score (nSPS) is 19.9. The zero-order chi connectivity index (χ0) is 16.4. The molecule has 0 unspecified atom stereocenters. The van der Waals surface area contributed by atoms with Crippen LogP contribution in [0.4, 0.5) is 13.2 Å². The Morgan fingerprint density at radius 1 is 1.35 bits per heavy atom. The van der Waals surface area contributed by atoms with E-state index in [9.17, 15) is 13.2 Å². The Morgan fingerprint density at radius 2 is 2.17 bits per heavy atom. The molecule has 2 aromatic rings. The third-order valence-corrected chi connectivity index (χ3v) is 3.64. The number of aromatic nitrogens is 2. The fourth-order valence-electron chi connectivity index (χ4n) is 2.55. The Bertz CT molecular complexity index is 672. The van der Waals surface area contributed by atoms with Crippen LogP contribution in [-0.2, 0) is 17.5 Å². The SMILES string of the molecule is Cc1nc([C@@H]2CN(Cc3cccc(C(F)(F)F)c3)CCO2)no1. The van der Waals surface area contributed by atoms with Crippen molar-refractivity contribution in [1.29, 1.82) is 0 Å². The van der Waals surface area contributed by atoms with E-state index in [1.165, 1.54) is 12.1 Å². The molecule has 23 heavy (non-hydrogen) atoms. The van der Waals surface area contributed by atoms with E-state index in [0.29, 0.717) is 43.5 Å². The summed E-state index contributed by atoms with van der Waals surface area (Å²) in [4.78, 5) is 6.17. The zero-order valence-corrected chi connectivity index (χ0v) is 12.5. The number of morpholine rings is 1. The van der Waals surface area contributed by atoms with Gasteiger partial charge in [-0.3, -0.25) is 4.90 Å². The van der Waals surface area contributed by atoms with Crippen LogP contribution in [-0.4, -0.2) is 34.7 Å². The van der Waals surface area contributed by atoms with E-state index in [-0.39, 0.29) is 6.10 Å². The van der Waals surface area contributed by atoms with Gasteiger partial charge in [-0.1, -0.05) is 23.4 Å². The highest BCUT2D eigenvalue weighted by atomic mass is 19.4. The standard InChI is InChI=1S/C15H16F3N3O2/c1-10-19-14(20-23-10)13-9-21(5-6-22-13)8-11-3-2-4-12(7-11)15(16,17)18/h2-4,7,13H,5-6,8-9H2,1H3/t13-/m0/s1. The fraction of sp³-hybridized carbons (Fsp3) is 0.467. The lowest BCUT2D eigenvalue weighted by molar-refractivity contribution is -0.137. The highest BCUT2D eigenvalue weighted by Crippen LogP contribution is 2.30. The Hall–Kier alpha value is -1.93. The lowest BCUT2D eigenvalue weighted by Gasteiger charge is -2.31. The molecule has 1 fully saturated rings. The van der Waals surface area contributed by atoms with E-state index in [2.05, 4.69) is 10.1 Å². The second kappa shape index (κ2) is 6.29. The van der Waals surface area contributed by atoms with Crippen molar-refractivity contribution >= 4 is 0 Å². The van der Waals surface area contributed by atoms with Gasteiger partial charge in [0.1, 0.15) is 6.10 Å². The minimum absolute atomic E-state index is 0.327. The predicted octanol–water partition coefficient (Wildman–Crippen LogP) is 2.97. The number of halogens is 3. The molecule has 1 aromatic carbocycles. The summed E-state index contributed by atoms with van der Waals surface area (Å²) < 4.78 is 48.9. The van der Waals surface area contributed by atoms with E-state index in [1.807, 2.05) is 4.90 Å². The van der Waals surface area contributed by atoms with Crippen LogP contribution in [0.3, 0.4) is 0 Å². The Morgan fingerprint density at radius 3 is 2.87 bits per heavy atom. The Balaban J connectivity index is 1.68. The largest absolute Gasteiger partial charge is 0.416 e. The van der Waals surface area contributed by atoms with Gasteiger partial charge < -0.3 is 9.26 Å². The molecule has 8 heteroatoms. The number of rotatable bonds is 3. The molecule has 124 valence electrons. The molecule has 0 spiro atoms. The van der Waals surface area contributed by atoms with Gasteiger partial charge >= 0.3 is 6.18 Å². The number of nitrogens with zero attached hydrogens (tertiary/aromatic N) is 3. The molecule has 2 heterocycles. The number of aryl methyl sites for hydroxylation is 1. The van der Waals surface area contributed by atoms with Crippen LogP contribution in [0.5, 0.6) is 0 Å². The van der Waals surface area contributed by atoms with Gasteiger partial charge in [0.15, 0.2) is 0 Å². The minimum Gasteiger partial charge on any atom is -0.367 e. The molecule has 5 nitrogen and oxygen atoms in total. The van der Waals surface area contributed by atoms with Crippen molar-refractivity contribution in [1.82, 2.24) is 15.0 Å². The van der Waals surface area contributed by atoms with Crippen molar-refractivity contribution in [3.63, 3.8) is 0 Å². The third-order valence-electron chi connectivity index (χ3n) is 3.64. The molecule has 1 aromatic heterocycles. The van der Waals surface area contributed by atoms with Gasteiger partial charge in [0.2, 0.25) is 11.7 Å². The average molecular weight is 327 g/mol. The van der Waals surface area contributed by atoms with Crippen LogP contribution in [0, 0.1) is 6.92 Å². The minimum atomic E-state index is -4.33. The molecule has 0 aliphatic carbocycles. The van der Waals surface area contributed by atoms with Crippen molar-refractivity contribution in [3.05, 3.63) is 47.1 Å². The molecule has 0 N–H and O–H groups in total. The molecular weight excluding hydrogens is 311 g/mol. The maximum Gasteiger partial charge on any atom is 0.416 e. The second-order valence-corrected chi connectivity index (χ2v) is 5.46. The molecule has 1 atom stereocenters. The van der Waals surface area contributed by atoms with Gasteiger partial charge in [-0.05, 0) is 11.6 Å². The molecule has 0 radical (unpaired) electrons. The molecular formula is C15H16F3N3O2. The van der Waals surface area contributed by atoms with Crippen LogP contribution < -0.4 is 0 Å². The van der Waals surface area contributed by atoms with Gasteiger partial charge in [-0.2, -0.15) is 18.2 Å². The lowest BCUT2D eigenvalue weighted by Crippen LogP contribution is -2.38. The lowest BCUT2D eigenvalue weighted by atomic mass is 10.1. The quantitative estimate of drug-likeness (QED) is 0.867. The first-order valence-electron chi connectivity index (χ1n) is 7.22. The maximum absolute atomic E-state index is 12.8. The van der Waals surface area contributed by atoms with Gasteiger partial charge in [0, 0.05) is 26.6 Å². The summed E-state index contributed by atoms with van der Waals surface area (Å²) in [6, 6.07) is 5.38. The maximum atomic E-state index is 12.8. The first-order valence-corrected chi connectivity index (χ1v) is 7.22. The van der Waals surface area contributed by atoms with Crippen LogP contribution in [0.2, 0.25) is 0 Å². The molecule has 1 saturated heterocycles. The Kier molecular flexibility index (Phi) is 4.36. The van der Waals surface area contributed by atoms with Gasteiger partial charge in [-0.15, -0.1) is 0 Å². The van der Waals surface area contributed by atoms with Crippen LogP contribution in [0.1, 0.15) is 28.9 Å². The summed E-state index contributed by atoms with van der Waals surface area (Å²) in [5.74, 6) is 0.926. The molecule has 3 rings (SSSR count). The van der Waals surface area contributed by atoms with Gasteiger partial charge in [0.25, 0.3) is 0 Å². The van der Waals surface area contributed by atoms with Crippen molar-refractivity contribution in [2.45, 2.75) is 25.7 Å². The number of hydrogen-bond acceptors (Lipinski definition) is 5. The zero-order valence-electron chi connectivity index (χ0n) is 12.5. The van der Waals surface area contributed by atoms with Crippen molar-refractivity contribution in [2.75, 3.05) is 19.7 Å². The molecule has 1 aliphatic rings. The molecule has 0 amide bonds. The average Bonchev–Trinajstić information content (AvgIpc) is 2.94.